The Kier molecular flexibility index (Phi) is 10.2. The van der Waals surface area contributed by atoms with E-state index in [4.69, 9.17) is 41.9 Å². The first kappa shape index (κ1) is 32.2. The average molecular weight is 584 g/mol. The maximum Gasteiger partial charge on any atom is 0.188 e. The monoisotopic (exact) mass is 583 g/mol. The number of ether oxygens (including phenoxy) is 4. The van der Waals surface area contributed by atoms with E-state index < -0.39 is 110 Å². The molecule has 3 fully saturated rings. The molecule has 20 heteroatoms. The number of guanidine groups is 2. The van der Waals surface area contributed by atoms with Crippen molar-refractivity contribution < 1.29 is 64.7 Å². The molecule has 40 heavy (non-hydrogen) atoms. The van der Waals surface area contributed by atoms with Gasteiger partial charge in [-0.15, -0.1) is 0 Å². The predicted molar refractivity (Wildman–Crippen MR) is 129 cm³/mol. The number of carbonyl (C=O) groups is 1. The van der Waals surface area contributed by atoms with Crippen LogP contribution in [-0.4, -0.2) is 157 Å². The number of nitrogens with zero attached hydrogens (tertiary/aromatic N) is 2. The maximum atomic E-state index is 12.0. The van der Waals surface area contributed by atoms with E-state index in [2.05, 4.69) is 9.98 Å². The number of rotatable bonds is 9. The number of hydrogen-bond acceptors (Lipinski definition) is 16. The Balaban J connectivity index is 1.96. The highest BCUT2D eigenvalue weighted by molar-refractivity contribution is 5.76. The number of hydroxylamine groups is 1. The van der Waals surface area contributed by atoms with Crippen LogP contribution in [0.3, 0.4) is 0 Å². The van der Waals surface area contributed by atoms with Crippen LogP contribution in [0, 0.1) is 0 Å². The van der Waals surface area contributed by atoms with Crippen molar-refractivity contribution in [3.8, 4) is 0 Å². The molecule has 0 spiro atoms. The van der Waals surface area contributed by atoms with E-state index in [-0.39, 0.29) is 6.29 Å². The maximum absolute atomic E-state index is 12.0. The van der Waals surface area contributed by atoms with Gasteiger partial charge in [0.1, 0.15) is 67.0 Å². The molecule has 1 aliphatic carbocycles. The summed E-state index contributed by atoms with van der Waals surface area (Å²) in [6, 6.07) is -4.59. The molecule has 0 aromatic heterocycles. The highest BCUT2D eigenvalue weighted by atomic mass is 16.8. The van der Waals surface area contributed by atoms with Crippen molar-refractivity contribution in [3.63, 3.8) is 0 Å². The van der Waals surface area contributed by atoms with Crippen molar-refractivity contribution >= 4 is 18.2 Å². The number of nitrogens with two attached hydrogens (primary N) is 4. The van der Waals surface area contributed by atoms with E-state index in [1.807, 2.05) is 0 Å². The number of aldehydes is 1. The average Bonchev–Trinajstić information content (AvgIpc) is 3.13. The second kappa shape index (κ2) is 12.7. The zero-order valence-electron chi connectivity index (χ0n) is 21.2. The SMILES string of the molecule is C[C@@H]1O[C@@H](OC2[C@@H](O)[C@H](O)[C@@H](N=C(N)N)[C@H](O)[C@H]2N=C(N)N)C(O[C@H]2O[C@H](CO)[C@@H](O)[C@H](O)[C@H]2NO)[C@@]1(O)C=O. The summed E-state index contributed by atoms with van der Waals surface area (Å²) in [4.78, 5) is 19.6. The van der Waals surface area contributed by atoms with Crippen molar-refractivity contribution in [2.75, 3.05) is 6.61 Å². The Labute approximate surface area is 226 Å². The van der Waals surface area contributed by atoms with Gasteiger partial charge in [-0.3, -0.25) is 4.79 Å². The summed E-state index contributed by atoms with van der Waals surface area (Å²) >= 11 is 0. The lowest BCUT2D eigenvalue weighted by Crippen LogP contribution is -2.66. The van der Waals surface area contributed by atoms with Gasteiger partial charge in [-0.05, 0) is 6.92 Å². The van der Waals surface area contributed by atoms with Gasteiger partial charge in [0.15, 0.2) is 36.4 Å². The van der Waals surface area contributed by atoms with E-state index in [9.17, 15) is 45.7 Å². The third-order valence-corrected chi connectivity index (χ3v) is 7.15. The van der Waals surface area contributed by atoms with Gasteiger partial charge in [0, 0.05) is 0 Å². The van der Waals surface area contributed by atoms with Crippen LogP contribution in [0.1, 0.15) is 6.92 Å². The molecule has 17 N–H and O–H groups in total. The first-order chi connectivity index (χ1) is 18.7. The Bertz CT molecular complexity index is 940. The van der Waals surface area contributed by atoms with Gasteiger partial charge < -0.3 is 82.8 Å². The topological polar surface area (TPSA) is 357 Å². The number of hydrogen-bond donors (Lipinski definition) is 13. The molecule has 2 aliphatic heterocycles. The number of aliphatic hydroxyl groups is 7. The van der Waals surface area contributed by atoms with Gasteiger partial charge in [-0.2, -0.15) is 5.48 Å². The van der Waals surface area contributed by atoms with E-state index in [1.165, 1.54) is 6.92 Å². The second-order valence-electron chi connectivity index (χ2n) is 9.73. The fraction of sp³-hybridized carbons (Fsp3) is 0.850. The van der Waals surface area contributed by atoms with E-state index in [1.54, 1.807) is 5.48 Å². The van der Waals surface area contributed by atoms with Crippen molar-refractivity contribution in [2.45, 2.75) is 98.2 Å². The van der Waals surface area contributed by atoms with Crippen molar-refractivity contribution in [1.29, 1.82) is 0 Å². The summed E-state index contributed by atoms with van der Waals surface area (Å²) < 4.78 is 22.5. The van der Waals surface area contributed by atoms with Crippen LogP contribution in [0.2, 0.25) is 0 Å². The third-order valence-electron chi connectivity index (χ3n) is 7.15. The molecular weight excluding hydrogens is 546 g/mol. The minimum Gasteiger partial charge on any atom is -0.394 e. The lowest BCUT2D eigenvalue weighted by Gasteiger charge is -2.45. The number of carbonyl (C=O) groups excluding carboxylic acids is 1. The molecule has 15 atom stereocenters. The van der Waals surface area contributed by atoms with E-state index in [0.29, 0.717) is 0 Å². The molecule has 0 bridgehead atoms. The molecule has 0 aromatic rings. The van der Waals surface area contributed by atoms with Gasteiger partial charge in [0.25, 0.3) is 0 Å². The lowest BCUT2D eigenvalue weighted by atomic mass is 9.81. The zero-order valence-corrected chi connectivity index (χ0v) is 21.2. The fourth-order valence-electron chi connectivity index (χ4n) is 4.91. The Morgan fingerprint density at radius 3 is 2.02 bits per heavy atom. The summed E-state index contributed by atoms with van der Waals surface area (Å²) in [5.41, 5.74) is 20.9. The zero-order chi connectivity index (χ0) is 30.1. The Morgan fingerprint density at radius 1 is 0.900 bits per heavy atom. The predicted octanol–water partition coefficient (Wildman–Crippen LogP) is -8.40. The van der Waals surface area contributed by atoms with Crippen molar-refractivity contribution in [2.24, 2.45) is 32.9 Å². The normalized spacial score (nSPS) is 47.4. The lowest BCUT2D eigenvalue weighted by molar-refractivity contribution is -0.321. The first-order valence-electron chi connectivity index (χ1n) is 12.1. The van der Waals surface area contributed by atoms with Crippen molar-refractivity contribution in [1.82, 2.24) is 5.48 Å². The van der Waals surface area contributed by atoms with Crippen molar-refractivity contribution in [3.05, 3.63) is 0 Å². The second-order valence-corrected chi connectivity index (χ2v) is 9.73. The fourth-order valence-corrected chi connectivity index (χ4v) is 4.91. The van der Waals surface area contributed by atoms with Gasteiger partial charge in [0.2, 0.25) is 0 Å². The standard InChI is InChI=1S/C20H37N7O13/c1-4-20(35,3-29)15(40-16-8(27-36)12(33)9(30)5(2-28)38-16)17(37-4)39-14-7(26-19(23)24)10(31)6(25-18(21)22)11(32)13(14)34/h3-17,27-28,30-36H,2H2,1H3,(H4,21,22,25)(H4,23,24,26)/t4-,5+,6-,7+,8+,9+,10-,11+,12+,13-,14?,15?,16+,17-,20+/m0/s1. The molecular formula is C20H37N7O13. The van der Waals surface area contributed by atoms with E-state index >= 15 is 0 Å². The molecule has 3 rings (SSSR count). The van der Waals surface area contributed by atoms with Crippen LogP contribution in [-0.2, 0) is 23.7 Å². The molecule has 0 amide bonds. The van der Waals surface area contributed by atoms with Crippen LogP contribution in [0.5, 0.6) is 0 Å². The van der Waals surface area contributed by atoms with Crippen LogP contribution < -0.4 is 28.4 Å². The molecule has 2 heterocycles. The molecule has 3 aliphatic rings. The minimum atomic E-state index is -2.47. The molecule has 1 saturated carbocycles. The summed E-state index contributed by atoms with van der Waals surface area (Å²) in [5.74, 6) is -1.08. The Morgan fingerprint density at radius 2 is 1.50 bits per heavy atom. The van der Waals surface area contributed by atoms with Crippen LogP contribution in [0.15, 0.2) is 9.98 Å². The number of aliphatic hydroxyl groups excluding tert-OH is 6. The molecule has 2 unspecified atom stereocenters. The van der Waals surface area contributed by atoms with Crippen LogP contribution >= 0.6 is 0 Å². The molecule has 0 aromatic carbocycles. The highest BCUT2D eigenvalue weighted by Crippen LogP contribution is 2.38. The van der Waals surface area contributed by atoms with Gasteiger partial charge >= 0.3 is 0 Å². The third kappa shape index (κ3) is 5.99. The van der Waals surface area contributed by atoms with E-state index in [0.717, 1.165) is 0 Å². The highest BCUT2D eigenvalue weighted by Gasteiger charge is 2.61. The van der Waals surface area contributed by atoms with Crippen LogP contribution in [0.25, 0.3) is 0 Å². The van der Waals surface area contributed by atoms with Gasteiger partial charge in [-0.1, -0.05) is 0 Å². The quantitative estimate of drug-likeness (QED) is 0.0518. The largest absolute Gasteiger partial charge is 0.394 e. The smallest absolute Gasteiger partial charge is 0.188 e. The molecule has 0 radical (unpaired) electrons. The first-order valence-corrected chi connectivity index (χ1v) is 12.1. The Hall–Kier alpha value is -2.31. The van der Waals surface area contributed by atoms with Crippen LogP contribution in [0.4, 0.5) is 0 Å². The van der Waals surface area contributed by atoms with Gasteiger partial charge in [0.05, 0.1) is 12.7 Å². The summed E-state index contributed by atoms with van der Waals surface area (Å²) in [6.45, 7) is 0.489. The van der Waals surface area contributed by atoms with Gasteiger partial charge in [-0.25, -0.2) is 9.98 Å². The molecule has 230 valence electrons. The minimum absolute atomic E-state index is 0.0774. The number of nitrogens with one attached hydrogen (secondary N) is 1. The summed E-state index contributed by atoms with van der Waals surface area (Å²) in [5, 5.41) is 83.0. The molecule has 2 saturated heterocycles. The summed E-state index contributed by atoms with van der Waals surface area (Å²) in [6.07, 6.45) is -18.6. The summed E-state index contributed by atoms with van der Waals surface area (Å²) in [7, 11) is 0. The number of aliphatic imine (C=N–C) groups is 2. The molecule has 20 nitrogen and oxygen atoms in total.